The van der Waals surface area contributed by atoms with Crippen LogP contribution >= 0.6 is 35.7 Å². The number of thioether (sulfide) groups is 1. The molecule has 0 aromatic heterocycles. The first-order chi connectivity index (χ1) is 9.47. The molecule has 9 heteroatoms. The smallest absolute Gasteiger partial charge is 0.238 e. The lowest BCUT2D eigenvalue weighted by Crippen LogP contribution is -2.37. The van der Waals surface area contributed by atoms with Gasteiger partial charge in [0.25, 0.3) is 0 Å². The van der Waals surface area contributed by atoms with Crippen LogP contribution in [0.15, 0.2) is 34.2 Å². The van der Waals surface area contributed by atoms with Gasteiger partial charge in [0.05, 0.1) is 4.90 Å². The number of hydrogen-bond acceptors (Lipinski definition) is 4. The summed E-state index contributed by atoms with van der Waals surface area (Å²) in [6, 6.07) is 6.44. The van der Waals surface area contributed by atoms with Crippen LogP contribution < -0.4 is 15.8 Å². The molecule has 0 amide bonds. The first-order valence-electron chi connectivity index (χ1n) is 6.02. The number of benzene rings is 1. The van der Waals surface area contributed by atoms with Gasteiger partial charge in [-0.05, 0) is 24.0 Å². The van der Waals surface area contributed by atoms with Crippen LogP contribution in [0.4, 0.5) is 0 Å². The predicted octanol–water partition coefficient (Wildman–Crippen LogP) is 0.980. The monoisotopic (exact) mass is 444 g/mol. The van der Waals surface area contributed by atoms with Crippen molar-refractivity contribution >= 4 is 51.7 Å². The SMILES string of the molecule is CN=C(NCCSC)NCc1ccc(S(N)(=O)=O)cc1.I. The van der Waals surface area contributed by atoms with E-state index < -0.39 is 10.0 Å². The fourth-order valence-electron chi connectivity index (χ4n) is 1.47. The maximum Gasteiger partial charge on any atom is 0.238 e. The van der Waals surface area contributed by atoms with Crippen LogP contribution in [0.25, 0.3) is 0 Å². The third-order valence-corrected chi connectivity index (χ3v) is 4.08. The Balaban J connectivity index is 0.00000400. The number of nitrogens with one attached hydrogen (secondary N) is 2. The highest BCUT2D eigenvalue weighted by atomic mass is 127. The second kappa shape index (κ2) is 10.2. The van der Waals surface area contributed by atoms with Gasteiger partial charge in [-0.2, -0.15) is 11.8 Å². The number of guanidine groups is 1. The molecule has 6 nitrogen and oxygen atoms in total. The summed E-state index contributed by atoms with van der Waals surface area (Å²) in [6.45, 7) is 1.40. The average Bonchev–Trinajstić information content (AvgIpc) is 2.42. The standard InChI is InChI=1S/C12H20N4O2S2.HI/c1-14-12(15-7-8-19-2)16-9-10-3-5-11(6-4-10)20(13,17)18;/h3-6H,7-9H2,1-2H3,(H2,13,17,18)(H2,14,15,16);1H. The van der Waals surface area contributed by atoms with Crippen molar-refractivity contribution in [1.82, 2.24) is 10.6 Å². The summed E-state index contributed by atoms with van der Waals surface area (Å²) in [4.78, 5) is 4.22. The number of primary sulfonamides is 1. The van der Waals surface area contributed by atoms with Crippen LogP contribution in [0, 0.1) is 0 Å². The molecule has 4 N–H and O–H groups in total. The maximum absolute atomic E-state index is 11.1. The molecule has 0 atom stereocenters. The number of hydrogen-bond donors (Lipinski definition) is 3. The minimum Gasteiger partial charge on any atom is -0.356 e. The molecule has 0 aliphatic carbocycles. The molecule has 0 saturated carbocycles. The molecule has 0 unspecified atom stereocenters. The maximum atomic E-state index is 11.1. The van der Waals surface area contributed by atoms with Crippen molar-refractivity contribution in [2.75, 3.05) is 25.6 Å². The molecule has 1 rings (SSSR count). The summed E-state index contributed by atoms with van der Waals surface area (Å²) in [5.74, 6) is 1.72. The van der Waals surface area contributed by atoms with Gasteiger partial charge in [-0.3, -0.25) is 4.99 Å². The quantitative estimate of drug-likeness (QED) is 0.263. The van der Waals surface area contributed by atoms with Gasteiger partial charge in [0, 0.05) is 25.9 Å². The molecule has 0 radical (unpaired) electrons. The highest BCUT2D eigenvalue weighted by Gasteiger charge is 2.06. The highest BCUT2D eigenvalue weighted by Crippen LogP contribution is 2.08. The molecular formula is C12H21IN4O2S2. The van der Waals surface area contributed by atoms with Crippen LogP contribution in [-0.2, 0) is 16.6 Å². The summed E-state index contributed by atoms with van der Waals surface area (Å²) < 4.78 is 22.3. The summed E-state index contributed by atoms with van der Waals surface area (Å²) >= 11 is 1.76. The number of nitrogens with two attached hydrogens (primary N) is 1. The van der Waals surface area contributed by atoms with E-state index in [0.717, 1.165) is 23.8 Å². The molecule has 0 heterocycles. The molecule has 0 aliphatic heterocycles. The molecular weight excluding hydrogens is 423 g/mol. The lowest BCUT2D eigenvalue weighted by molar-refractivity contribution is 0.597. The van der Waals surface area contributed by atoms with Crippen LogP contribution in [0.3, 0.4) is 0 Å². The Morgan fingerprint density at radius 1 is 1.29 bits per heavy atom. The van der Waals surface area contributed by atoms with E-state index in [-0.39, 0.29) is 28.9 Å². The Bertz CT molecular complexity index is 547. The van der Waals surface area contributed by atoms with Crippen molar-refractivity contribution < 1.29 is 8.42 Å². The first-order valence-corrected chi connectivity index (χ1v) is 8.96. The topological polar surface area (TPSA) is 96.6 Å². The van der Waals surface area contributed by atoms with E-state index in [9.17, 15) is 8.42 Å². The minimum absolute atomic E-state index is 0. The van der Waals surface area contributed by atoms with Gasteiger partial charge in [-0.15, -0.1) is 24.0 Å². The third kappa shape index (κ3) is 7.88. The van der Waals surface area contributed by atoms with Gasteiger partial charge in [-0.1, -0.05) is 12.1 Å². The predicted molar refractivity (Wildman–Crippen MR) is 99.8 cm³/mol. The van der Waals surface area contributed by atoms with Crippen LogP contribution in [0.2, 0.25) is 0 Å². The Kier molecular flexibility index (Phi) is 9.99. The van der Waals surface area contributed by atoms with E-state index in [0.29, 0.717) is 6.54 Å². The zero-order chi connectivity index (χ0) is 15.0. The zero-order valence-corrected chi connectivity index (χ0v) is 16.0. The zero-order valence-electron chi connectivity index (χ0n) is 12.0. The normalized spacial score (nSPS) is 11.7. The Morgan fingerprint density at radius 3 is 2.38 bits per heavy atom. The minimum atomic E-state index is -3.63. The third-order valence-electron chi connectivity index (χ3n) is 2.53. The van der Waals surface area contributed by atoms with Crippen LogP contribution in [0.1, 0.15) is 5.56 Å². The second-order valence-electron chi connectivity index (χ2n) is 4.03. The van der Waals surface area contributed by atoms with Gasteiger partial charge < -0.3 is 10.6 Å². The average molecular weight is 444 g/mol. The van der Waals surface area contributed by atoms with E-state index in [1.165, 1.54) is 12.1 Å². The Morgan fingerprint density at radius 2 is 1.90 bits per heavy atom. The van der Waals surface area contributed by atoms with Crippen molar-refractivity contribution in [2.45, 2.75) is 11.4 Å². The number of aliphatic imine (C=N–C) groups is 1. The summed E-state index contributed by atoms with van der Waals surface area (Å²) in [6.07, 6.45) is 2.05. The molecule has 0 spiro atoms. The fraction of sp³-hybridized carbons (Fsp3) is 0.417. The molecule has 0 bridgehead atoms. The fourth-order valence-corrected chi connectivity index (χ4v) is 2.30. The van der Waals surface area contributed by atoms with Crippen molar-refractivity contribution in [3.05, 3.63) is 29.8 Å². The summed E-state index contributed by atoms with van der Waals surface area (Å²) in [5.41, 5.74) is 0.949. The molecule has 21 heavy (non-hydrogen) atoms. The van der Waals surface area contributed by atoms with Crippen molar-refractivity contribution in [1.29, 1.82) is 0 Å². The highest BCUT2D eigenvalue weighted by molar-refractivity contribution is 14.0. The van der Waals surface area contributed by atoms with Crippen molar-refractivity contribution in [3.63, 3.8) is 0 Å². The van der Waals surface area contributed by atoms with Gasteiger partial charge in [0.15, 0.2) is 5.96 Å². The van der Waals surface area contributed by atoms with Gasteiger partial charge >= 0.3 is 0 Å². The lowest BCUT2D eigenvalue weighted by Gasteiger charge is -2.11. The lowest BCUT2D eigenvalue weighted by atomic mass is 10.2. The molecule has 0 fully saturated rings. The molecule has 0 aliphatic rings. The van der Waals surface area contributed by atoms with Crippen LogP contribution in [-0.4, -0.2) is 40.0 Å². The van der Waals surface area contributed by atoms with E-state index in [4.69, 9.17) is 5.14 Å². The molecule has 1 aromatic rings. The first kappa shape index (κ1) is 20.5. The second-order valence-corrected chi connectivity index (χ2v) is 6.58. The number of nitrogens with zero attached hydrogens (tertiary/aromatic N) is 1. The van der Waals surface area contributed by atoms with E-state index >= 15 is 0 Å². The van der Waals surface area contributed by atoms with Gasteiger partial charge in [0.1, 0.15) is 0 Å². The molecule has 120 valence electrons. The number of halogens is 1. The largest absolute Gasteiger partial charge is 0.356 e. The van der Waals surface area contributed by atoms with E-state index in [1.54, 1.807) is 30.9 Å². The van der Waals surface area contributed by atoms with Gasteiger partial charge in [-0.25, -0.2) is 13.6 Å². The van der Waals surface area contributed by atoms with Crippen molar-refractivity contribution in [2.24, 2.45) is 10.1 Å². The van der Waals surface area contributed by atoms with Crippen LogP contribution in [0.5, 0.6) is 0 Å². The Hall–Kier alpha value is -0.520. The Labute approximate surface area is 147 Å². The molecule has 0 saturated heterocycles. The van der Waals surface area contributed by atoms with Gasteiger partial charge in [0.2, 0.25) is 10.0 Å². The van der Waals surface area contributed by atoms with Crippen molar-refractivity contribution in [3.8, 4) is 0 Å². The number of sulfonamides is 1. The summed E-state index contributed by atoms with van der Waals surface area (Å²) in [5, 5.41) is 11.4. The number of rotatable bonds is 6. The van der Waals surface area contributed by atoms with E-state index in [1.807, 2.05) is 6.26 Å². The summed E-state index contributed by atoms with van der Waals surface area (Å²) in [7, 11) is -1.92. The molecule has 1 aromatic carbocycles. The van der Waals surface area contributed by atoms with E-state index in [2.05, 4.69) is 15.6 Å².